The lowest BCUT2D eigenvalue weighted by Gasteiger charge is -2.36. The lowest BCUT2D eigenvalue weighted by atomic mass is 10.1. The first-order chi connectivity index (χ1) is 9.38. The summed E-state index contributed by atoms with van der Waals surface area (Å²) < 4.78 is 5.63. The molecule has 1 fully saturated rings. The Hall–Kier alpha value is -1.95. The largest absolute Gasteiger partial charge is 0.372 e. The molecule has 0 saturated carbocycles. The number of hydrogen-bond donors (Lipinski definition) is 0. The summed E-state index contributed by atoms with van der Waals surface area (Å²) in [4.78, 5) is 24.1. The molecule has 1 aromatic carbocycles. The van der Waals surface area contributed by atoms with Gasteiger partial charge in [0.1, 0.15) is 5.69 Å². The van der Waals surface area contributed by atoms with E-state index in [0.29, 0.717) is 24.3 Å². The summed E-state index contributed by atoms with van der Waals surface area (Å²) >= 11 is 0. The number of morpholine rings is 1. The van der Waals surface area contributed by atoms with Crippen LogP contribution in [-0.4, -0.2) is 36.0 Å². The SMILES string of the molecule is CC(=O)c1ccc(N2C[C@@H](C)O[C@H](C)C2)c([N+](=O)[O-])c1. The molecular weight excluding hydrogens is 260 g/mol. The van der Waals surface area contributed by atoms with Gasteiger partial charge in [0, 0.05) is 24.7 Å². The van der Waals surface area contributed by atoms with Crippen molar-refractivity contribution in [3.05, 3.63) is 33.9 Å². The van der Waals surface area contributed by atoms with Gasteiger partial charge in [-0.3, -0.25) is 14.9 Å². The summed E-state index contributed by atoms with van der Waals surface area (Å²) in [5, 5.41) is 11.2. The van der Waals surface area contributed by atoms with E-state index in [2.05, 4.69) is 0 Å². The van der Waals surface area contributed by atoms with Gasteiger partial charge in [-0.15, -0.1) is 0 Å². The van der Waals surface area contributed by atoms with Crippen LogP contribution in [0.2, 0.25) is 0 Å². The molecule has 20 heavy (non-hydrogen) atoms. The summed E-state index contributed by atoms with van der Waals surface area (Å²) in [6, 6.07) is 4.64. The topological polar surface area (TPSA) is 72.7 Å². The Morgan fingerprint density at radius 2 is 1.95 bits per heavy atom. The maximum atomic E-state index is 11.4. The van der Waals surface area contributed by atoms with Crippen molar-refractivity contribution in [1.82, 2.24) is 0 Å². The molecule has 6 heteroatoms. The van der Waals surface area contributed by atoms with Crippen LogP contribution in [0, 0.1) is 10.1 Å². The summed E-state index contributed by atoms with van der Waals surface area (Å²) in [7, 11) is 0. The lowest BCUT2D eigenvalue weighted by molar-refractivity contribution is -0.384. The van der Waals surface area contributed by atoms with Gasteiger partial charge >= 0.3 is 0 Å². The number of rotatable bonds is 3. The average Bonchev–Trinajstić information content (AvgIpc) is 2.36. The molecule has 1 saturated heterocycles. The zero-order valence-electron chi connectivity index (χ0n) is 11.8. The number of carbonyl (C=O) groups excluding carboxylic acids is 1. The molecule has 108 valence electrons. The third-order valence-electron chi connectivity index (χ3n) is 3.34. The Kier molecular flexibility index (Phi) is 4.04. The number of nitrogens with zero attached hydrogens (tertiary/aromatic N) is 2. The lowest BCUT2D eigenvalue weighted by Crippen LogP contribution is -2.45. The van der Waals surface area contributed by atoms with Gasteiger partial charge in [0.05, 0.1) is 17.1 Å². The Morgan fingerprint density at radius 1 is 1.35 bits per heavy atom. The number of ketones is 1. The van der Waals surface area contributed by atoms with E-state index in [-0.39, 0.29) is 23.7 Å². The van der Waals surface area contributed by atoms with Crippen LogP contribution in [0.25, 0.3) is 0 Å². The van der Waals surface area contributed by atoms with Crippen LogP contribution in [0.3, 0.4) is 0 Å². The third-order valence-corrected chi connectivity index (χ3v) is 3.34. The molecule has 1 aromatic rings. The van der Waals surface area contributed by atoms with Gasteiger partial charge in [-0.2, -0.15) is 0 Å². The molecule has 0 N–H and O–H groups in total. The first-order valence-electron chi connectivity index (χ1n) is 6.58. The van der Waals surface area contributed by atoms with Crippen LogP contribution >= 0.6 is 0 Å². The quantitative estimate of drug-likeness (QED) is 0.482. The molecule has 0 aromatic heterocycles. The molecule has 0 aliphatic carbocycles. The zero-order valence-corrected chi connectivity index (χ0v) is 11.8. The van der Waals surface area contributed by atoms with Gasteiger partial charge in [-0.1, -0.05) is 0 Å². The van der Waals surface area contributed by atoms with Crippen molar-refractivity contribution >= 4 is 17.2 Å². The predicted molar refractivity (Wildman–Crippen MR) is 75.3 cm³/mol. The van der Waals surface area contributed by atoms with E-state index >= 15 is 0 Å². The van der Waals surface area contributed by atoms with Crippen LogP contribution in [0.5, 0.6) is 0 Å². The number of anilines is 1. The molecule has 1 aliphatic heterocycles. The van der Waals surface area contributed by atoms with Gasteiger partial charge in [-0.25, -0.2) is 0 Å². The fourth-order valence-electron chi connectivity index (χ4n) is 2.53. The minimum absolute atomic E-state index is 0.0193. The van der Waals surface area contributed by atoms with Crippen molar-refractivity contribution in [3.63, 3.8) is 0 Å². The van der Waals surface area contributed by atoms with Gasteiger partial charge in [0.15, 0.2) is 5.78 Å². The molecule has 0 unspecified atom stereocenters. The zero-order chi connectivity index (χ0) is 14.9. The number of nitro groups is 1. The van der Waals surface area contributed by atoms with E-state index in [1.54, 1.807) is 12.1 Å². The van der Waals surface area contributed by atoms with Crippen molar-refractivity contribution in [3.8, 4) is 0 Å². The summed E-state index contributed by atoms with van der Waals surface area (Å²) in [6.45, 7) is 6.49. The molecule has 0 radical (unpaired) electrons. The maximum Gasteiger partial charge on any atom is 0.293 e. The van der Waals surface area contributed by atoms with Crippen molar-refractivity contribution in [2.24, 2.45) is 0 Å². The predicted octanol–water partition coefficient (Wildman–Crippen LogP) is 2.41. The normalized spacial score (nSPS) is 22.6. The summed E-state index contributed by atoms with van der Waals surface area (Å²) in [6.07, 6.45) is 0.0386. The number of carbonyl (C=O) groups is 1. The van der Waals surface area contributed by atoms with Crippen LogP contribution in [0.15, 0.2) is 18.2 Å². The van der Waals surface area contributed by atoms with E-state index in [0.717, 1.165) is 0 Å². The number of hydrogen-bond acceptors (Lipinski definition) is 5. The highest BCUT2D eigenvalue weighted by Gasteiger charge is 2.27. The van der Waals surface area contributed by atoms with Crippen LogP contribution in [0.4, 0.5) is 11.4 Å². The molecule has 0 bridgehead atoms. The Bertz CT molecular complexity index is 534. The Morgan fingerprint density at radius 3 is 2.45 bits per heavy atom. The van der Waals surface area contributed by atoms with Crippen molar-refractivity contribution in [2.45, 2.75) is 33.0 Å². The molecule has 1 aliphatic rings. The van der Waals surface area contributed by atoms with E-state index in [4.69, 9.17) is 4.74 Å². The van der Waals surface area contributed by atoms with Gasteiger partial charge in [0.25, 0.3) is 5.69 Å². The summed E-state index contributed by atoms with van der Waals surface area (Å²) in [5.74, 6) is -0.177. The van der Waals surface area contributed by atoms with E-state index in [9.17, 15) is 14.9 Å². The average molecular weight is 278 g/mol. The maximum absolute atomic E-state index is 11.4. The Labute approximate surface area is 117 Å². The highest BCUT2D eigenvalue weighted by Crippen LogP contribution is 2.31. The monoisotopic (exact) mass is 278 g/mol. The standard InChI is InChI=1S/C14H18N2O4/c1-9-7-15(8-10(2)20-9)13-5-4-12(11(3)17)6-14(13)16(18)19/h4-6,9-10H,7-8H2,1-3H3/t9-,10-/m1/s1. The number of Topliss-reactive ketones (excluding diaryl/α,β-unsaturated/α-hetero) is 1. The first kappa shape index (κ1) is 14.5. The van der Waals surface area contributed by atoms with Crippen molar-refractivity contribution in [2.75, 3.05) is 18.0 Å². The molecule has 2 atom stereocenters. The second-order valence-electron chi connectivity index (χ2n) is 5.18. The molecule has 2 rings (SSSR count). The molecule has 0 amide bonds. The highest BCUT2D eigenvalue weighted by molar-refractivity contribution is 5.95. The summed E-state index contributed by atoms with van der Waals surface area (Å²) in [5.41, 5.74) is 0.871. The smallest absolute Gasteiger partial charge is 0.293 e. The fraction of sp³-hybridized carbons (Fsp3) is 0.500. The highest BCUT2D eigenvalue weighted by atomic mass is 16.6. The van der Waals surface area contributed by atoms with Gasteiger partial charge in [0.2, 0.25) is 0 Å². The molecule has 1 heterocycles. The van der Waals surface area contributed by atoms with E-state index < -0.39 is 4.92 Å². The minimum atomic E-state index is -0.438. The van der Waals surface area contributed by atoms with Crippen molar-refractivity contribution in [1.29, 1.82) is 0 Å². The number of ether oxygens (including phenoxy) is 1. The second-order valence-corrected chi connectivity index (χ2v) is 5.18. The fourth-order valence-corrected chi connectivity index (χ4v) is 2.53. The molecular formula is C14H18N2O4. The van der Waals surface area contributed by atoms with Gasteiger partial charge in [-0.05, 0) is 32.9 Å². The van der Waals surface area contributed by atoms with Crippen LogP contribution < -0.4 is 4.90 Å². The first-order valence-corrected chi connectivity index (χ1v) is 6.58. The minimum Gasteiger partial charge on any atom is -0.372 e. The molecule has 6 nitrogen and oxygen atoms in total. The number of benzene rings is 1. The van der Waals surface area contributed by atoms with E-state index in [1.165, 1.54) is 13.0 Å². The third kappa shape index (κ3) is 2.96. The van der Waals surface area contributed by atoms with Crippen LogP contribution in [-0.2, 0) is 4.74 Å². The molecule has 0 spiro atoms. The van der Waals surface area contributed by atoms with Crippen LogP contribution in [0.1, 0.15) is 31.1 Å². The second kappa shape index (κ2) is 5.58. The van der Waals surface area contributed by atoms with E-state index in [1.807, 2.05) is 18.7 Å². The number of nitro benzene ring substituents is 1. The Balaban J connectivity index is 2.40. The van der Waals surface area contributed by atoms with Gasteiger partial charge < -0.3 is 9.64 Å². The van der Waals surface area contributed by atoms with Crippen molar-refractivity contribution < 1.29 is 14.5 Å².